The first-order valence-corrected chi connectivity index (χ1v) is 11.3. The highest BCUT2D eigenvalue weighted by Gasteiger charge is 2.33. The zero-order valence-electron chi connectivity index (χ0n) is 16.1. The van der Waals surface area contributed by atoms with Gasteiger partial charge in [0.2, 0.25) is 15.9 Å². The van der Waals surface area contributed by atoms with Crippen LogP contribution in [0.3, 0.4) is 0 Å². The number of sulfonamides is 1. The molecule has 0 unspecified atom stereocenters. The molecule has 1 atom stereocenters. The number of hydrogen-bond donors (Lipinski definition) is 1. The summed E-state index contributed by atoms with van der Waals surface area (Å²) in [6, 6.07) is 9.55. The number of carbonyl (C=O) groups is 1. The molecular weight excluding hydrogens is 435 g/mol. The second-order valence-corrected chi connectivity index (χ2v) is 9.73. The number of ether oxygens (including phenoxy) is 1. The largest absolute Gasteiger partial charge is 0.496 e. The van der Waals surface area contributed by atoms with Crippen LogP contribution in [-0.4, -0.2) is 38.8 Å². The van der Waals surface area contributed by atoms with Gasteiger partial charge in [0.15, 0.2) is 0 Å². The lowest BCUT2D eigenvalue weighted by Gasteiger charge is -2.31. The Hall–Kier alpha value is -1.80. The molecule has 0 saturated carbocycles. The van der Waals surface area contributed by atoms with Gasteiger partial charge in [-0.3, -0.25) is 4.79 Å². The highest BCUT2D eigenvalue weighted by Crippen LogP contribution is 2.29. The van der Waals surface area contributed by atoms with Crippen molar-refractivity contribution < 1.29 is 17.9 Å². The quantitative estimate of drug-likeness (QED) is 0.725. The number of halogens is 2. The number of amides is 1. The predicted octanol–water partition coefficient (Wildman–Crippen LogP) is 4.35. The van der Waals surface area contributed by atoms with E-state index in [4.69, 9.17) is 27.9 Å². The van der Waals surface area contributed by atoms with Crippen LogP contribution >= 0.6 is 23.2 Å². The topological polar surface area (TPSA) is 75.7 Å². The normalized spacial score (nSPS) is 17.7. The van der Waals surface area contributed by atoms with Gasteiger partial charge in [-0.25, -0.2) is 8.42 Å². The first kappa shape index (κ1) is 21.9. The number of benzene rings is 2. The van der Waals surface area contributed by atoms with Crippen LogP contribution in [0.15, 0.2) is 41.3 Å². The maximum absolute atomic E-state index is 13.1. The standard InChI is InChI=1S/C20H22Cl2N2O4S/c1-13-10-16(6-8-19(13)28-2)29(26,27)24-9-3-4-14(12-24)20(25)23-18-7-5-15(21)11-17(18)22/h5-8,10-11,14H,3-4,9,12H2,1-2H3,(H,23,25)/t14-/m1/s1. The van der Waals surface area contributed by atoms with E-state index >= 15 is 0 Å². The smallest absolute Gasteiger partial charge is 0.243 e. The Morgan fingerprint density at radius 3 is 2.62 bits per heavy atom. The minimum Gasteiger partial charge on any atom is -0.496 e. The van der Waals surface area contributed by atoms with Crippen molar-refractivity contribution in [2.75, 3.05) is 25.5 Å². The van der Waals surface area contributed by atoms with Crippen molar-refractivity contribution >= 4 is 44.8 Å². The number of rotatable bonds is 5. The van der Waals surface area contributed by atoms with Crippen LogP contribution in [0.4, 0.5) is 5.69 Å². The molecule has 0 aromatic heterocycles. The summed E-state index contributed by atoms with van der Waals surface area (Å²) in [6.07, 6.45) is 1.20. The molecular formula is C20H22Cl2N2O4S. The molecule has 1 amide bonds. The van der Waals surface area contributed by atoms with Crippen molar-refractivity contribution in [3.8, 4) is 5.75 Å². The van der Waals surface area contributed by atoms with E-state index in [0.717, 1.165) is 5.56 Å². The summed E-state index contributed by atoms with van der Waals surface area (Å²) < 4.78 is 32.7. The molecule has 1 heterocycles. The van der Waals surface area contributed by atoms with Crippen molar-refractivity contribution in [3.05, 3.63) is 52.0 Å². The molecule has 0 radical (unpaired) electrons. The van der Waals surface area contributed by atoms with E-state index in [1.165, 1.54) is 17.5 Å². The van der Waals surface area contributed by atoms with Gasteiger partial charge in [0, 0.05) is 18.1 Å². The molecule has 156 valence electrons. The molecule has 2 aromatic carbocycles. The Balaban J connectivity index is 1.75. The molecule has 9 heteroatoms. The number of methoxy groups -OCH3 is 1. The fourth-order valence-electron chi connectivity index (χ4n) is 3.36. The summed E-state index contributed by atoms with van der Waals surface area (Å²) in [7, 11) is -2.17. The van der Waals surface area contributed by atoms with Crippen molar-refractivity contribution in [1.29, 1.82) is 0 Å². The van der Waals surface area contributed by atoms with Crippen LogP contribution in [0.25, 0.3) is 0 Å². The summed E-state index contributed by atoms with van der Waals surface area (Å²) in [4.78, 5) is 12.9. The van der Waals surface area contributed by atoms with E-state index < -0.39 is 15.9 Å². The van der Waals surface area contributed by atoms with Crippen LogP contribution in [0.1, 0.15) is 18.4 Å². The van der Waals surface area contributed by atoms with Gasteiger partial charge in [0.25, 0.3) is 0 Å². The predicted molar refractivity (Wildman–Crippen MR) is 114 cm³/mol. The van der Waals surface area contributed by atoms with E-state index in [1.54, 1.807) is 37.3 Å². The average Bonchev–Trinajstić information content (AvgIpc) is 2.70. The fraction of sp³-hybridized carbons (Fsp3) is 0.350. The maximum Gasteiger partial charge on any atom is 0.243 e. The highest BCUT2D eigenvalue weighted by atomic mass is 35.5. The van der Waals surface area contributed by atoms with Crippen LogP contribution < -0.4 is 10.1 Å². The molecule has 1 fully saturated rings. The Bertz CT molecular complexity index is 1030. The average molecular weight is 457 g/mol. The third kappa shape index (κ3) is 4.86. The van der Waals surface area contributed by atoms with Crippen LogP contribution in [0.5, 0.6) is 5.75 Å². The number of hydrogen-bond acceptors (Lipinski definition) is 4. The van der Waals surface area contributed by atoms with Gasteiger partial charge in [-0.1, -0.05) is 23.2 Å². The first-order chi connectivity index (χ1) is 13.7. The lowest BCUT2D eigenvalue weighted by atomic mass is 9.99. The monoisotopic (exact) mass is 456 g/mol. The summed E-state index contributed by atoms with van der Waals surface area (Å²) in [5, 5.41) is 3.58. The Morgan fingerprint density at radius 1 is 1.21 bits per heavy atom. The SMILES string of the molecule is COc1ccc(S(=O)(=O)N2CCC[C@@H](C(=O)Nc3ccc(Cl)cc3Cl)C2)cc1C. The van der Waals surface area contributed by atoms with Crippen molar-refractivity contribution in [2.45, 2.75) is 24.7 Å². The van der Waals surface area contributed by atoms with Gasteiger partial charge in [0.05, 0.1) is 28.6 Å². The van der Waals surface area contributed by atoms with Gasteiger partial charge >= 0.3 is 0 Å². The number of carbonyl (C=O) groups excluding carboxylic acids is 1. The van der Waals surface area contributed by atoms with E-state index in [9.17, 15) is 13.2 Å². The maximum atomic E-state index is 13.1. The van der Waals surface area contributed by atoms with Crippen molar-refractivity contribution in [1.82, 2.24) is 4.31 Å². The Labute approximate surface area is 180 Å². The minimum atomic E-state index is -3.71. The van der Waals surface area contributed by atoms with E-state index in [-0.39, 0.29) is 17.3 Å². The van der Waals surface area contributed by atoms with Gasteiger partial charge in [-0.2, -0.15) is 4.31 Å². The number of aryl methyl sites for hydroxylation is 1. The molecule has 0 bridgehead atoms. The molecule has 6 nitrogen and oxygen atoms in total. The van der Waals surface area contributed by atoms with E-state index in [1.807, 2.05) is 0 Å². The number of nitrogens with zero attached hydrogens (tertiary/aromatic N) is 1. The third-order valence-electron chi connectivity index (χ3n) is 4.95. The molecule has 29 heavy (non-hydrogen) atoms. The van der Waals surface area contributed by atoms with E-state index in [0.29, 0.717) is 40.9 Å². The van der Waals surface area contributed by atoms with Crippen molar-refractivity contribution in [2.24, 2.45) is 5.92 Å². The van der Waals surface area contributed by atoms with Gasteiger partial charge in [-0.05, 0) is 61.7 Å². The molecule has 0 aliphatic carbocycles. The summed E-state index contributed by atoms with van der Waals surface area (Å²) >= 11 is 12.0. The lowest BCUT2D eigenvalue weighted by molar-refractivity contribution is -0.120. The fourth-order valence-corrected chi connectivity index (χ4v) is 5.43. The van der Waals surface area contributed by atoms with Gasteiger partial charge in [-0.15, -0.1) is 0 Å². The molecule has 1 N–H and O–H groups in total. The summed E-state index contributed by atoms with van der Waals surface area (Å²) in [5.41, 5.74) is 1.18. The van der Waals surface area contributed by atoms with Crippen molar-refractivity contribution in [3.63, 3.8) is 0 Å². The summed E-state index contributed by atoms with van der Waals surface area (Å²) in [5.74, 6) is -0.107. The molecule has 0 spiro atoms. The molecule has 1 saturated heterocycles. The van der Waals surface area contributed by atoms with Crippen LogP contribution in [0.2, 0.25) is 10.0 Å². The highest BCUT2D eigenvalue weighted by molar-refractivity contribution is 7.89. The number of piperidine rings is 1. The van der Waals surface area contributed by atoms with Crippen LogP contribution in [-0.2, 0) is 14.8 Å². The Morgan fingerprint density at radius 2 is 1.97 bits per heavy atom. The zero-order chi connectivity index (χ0) is 21.2. The van der Waals surface area contributed by atoms with Gasteiger partial charge in [0.1, 0.15) is 5.75 Å². The molecule has 3 rings (SSSR count). The summed E-state index contributed by atoms with van der Waals surface area (Å²) in [6.45, 7) is 2.28. The second kappa shape index (κ2) is 8.92. The Kier molecular flexibility index (Phi) is 6.73. The number of anilines is 1. The van der Waals surface area contributed by atoms with Gasteiger partial charge < -0.3 is 10.1 Å². The molecule has 2 aromatic rings. The zero-order valence-corrected chi connectivity index (χ0v) is 18.4. The molecule has 1 aliphatic heterocycles. The molecule has 1 aliphatic rings. The van der Waals surface area contributed by atoms with Crippen LogP contribution in [0, 0.1) is 12.8 Å². The number of nitrogens with one attached hydrogen (secondary N) is 1. The lowest BCUT2D eigenvalue weighted by Crippen LogP contribution is -2.43. The second-order valence-electron chi connectivity index (χ2n) is 6.95. The third-order valence-corrected chi connectivity index (χ3v) is 7.36. The van der Waals surface area contributed by atoms with E-state index in [2.05, 4.69) is 5.32 Å². The first-order valence-electron chi connectivity index (χ1n) is 9.13. The minimum absolute atomic E-state index is 0.116.